The molecule has 3 aromatic rings. The van der Waals surface area contributed by atoms with Gasteiger partial charge in [-0.15, -0.1) is 17.9 Å². The van der Waals surface area contributed by atoms with Gasteiger partial charge >= 0.3 is 12.1 Å². The quantitative estimate of drug-likeness (QED) is 0.170. The molecular formula is C40H48ClN5O8S. The van der Waals surface area contributed by atoms with Crippen LogP contribution in [0.2, 0.25) is 5.02 Å². The average molecular weight is 794 g/mol. The molecule has 1 aromatic carbocycles. The zero-order chi connectivity index (χ0) is 39.6. The first kappa shape index (κ1) is 38.8. The summed E-state index contributed by atoms with van der Waals surface area (Å²) in [6, 6.07) is 3.08. The molecule has 3 heterocycles. The van der Waals surface area contributed by atoms with E-state index in [1.165, 1.54) is 35.8 Å². The van der Waals surface area contributed by atoms with E-state index in [4.69, 9.17) is 35.8 Å². The zero-order valence-electron chi connectivity index (χ0n) is 31.9. The number of halogens is 1. The van der Waals surface area contributed by atoms with E-state index < -0.39 is 58.9 Å². The van der Waals surface area contributed by atoms with Gasteiger partial charge in [-0.3, -0.25) is 9.59 Å². The number of aliphatic carboxylic acids is 1. The fourth-order valence-electron chi connectivity index (χ4n) is 7.99. The second-order valence-electron chi connectivity index (χ2n) is 16.7. The minimum atomic E-state index is -1.52. The van der Waals surface area contributed by atoms with Crippen molar-refractivity contribution in [2.75, 3.05) is 13.7 Å². The Balaban J connectivity index is 1.21. The number of hydrogen-bond donors (Lipinski definition) is 3. The normalized spacial score (nSPS) is 27.3. The molecule has 2 aromatic heterocycles. The van der Waals surface area contributed by atoms with Crippen molar-refractivity contribution in [2.45, 2.75) is 102 Å². The highest BCUT2D eigenvalue weighted by Gasteiger charge is 2.61. The number of carboxylic acids is 1. The molecule has 15 heteroatoms. The number of alkyl carbamates (subject to hydrolysis) is 1. The van der Waals surface area contributed by atoms with E-state index in [0.717, 1.165) is 18.5 Å². The molecule has 4 fully saturated rings. The van der Waals surface area contributed by atoms with Crippen molar-refractivity contribution in [1.29, 1.82) is 0 Å². The topological polar surface area (TPSA) is 169 Å². The van der Waals surface area contributed by atoms with Crippen LogP contribution < -0.4 is 20.1 Å². The molecule has 3 aliphatic carbocycles. The number of methoxy groups -OCH3 is 1. The van der Waals surface area contributed by atoms with E-state index in [0.29, 0.717) is 44.9 Å². The summed E-state index contributed by atoms with van der Waals surface area (Å²) in [5.41, 5.74) is -0.432. The third kappa shape index (κ3) is 7.59. The fourth-order valence-corrected chi connectivity index (χ4v) is 9.21. The average Bonchev–Trinajstić information content (AvgIpc) is 3.77. The Hall–Kier alpha value is -4.43. The molecule has 13 nitrogen and oxygen atoms in total. The molecule has 3 amide bonds. The largest absolute Gasteiger partial charge is 0.495 e. The lowest BCUT2D eigenvalue weighted by molar-refractivity contribution is -0.146. The van der Waals surface area contributed by atoms with Crippen LogP contribution in [0.1, 0.15) is 78.3 Å². The van der Waals surface area contributed by atoms with Crippen molar-refractivity contribution in [2.24, 2.45) is 23.2 Å². The maximum atomic E-state index is 14.6. The lowest BCUT2D eigenvalue weighted by Gasteiger charge is -2.35. The van der Waals surface area contributed by atoms with Gasteiger partial charge in [-0.25, -0.2) is 19.6 Å². The number of nitrogens with zero attached hydrogens (tertiary/aromatic N) is 3. The third-order valence-electron chi connectivity index (χ3n) is 11.4. The van der Waals surface area contributed by atoms with Crippen molar-refractivity contribution < 1.29 is 38.5 Å². The van der Waals surface area contributed by atoms with Gasteiger partial charge in [0, 0.05) is 29.2 Å². The lowest BCUT2D eigenvalue weighted by atomic mass is 9.85. The molecule has 4 aliphatic rings. The minimum Gasteiger partial charge on any atom is -0.495 e. The highest BCUT2D eigenvalue weighted by molar-refractivity contribution is 7.13. The second-order valence-corrected chi connectivity index (χ2v) is 17.9. The van der Waals surface area contributed by atoms with Gasteiger partial charge in [0.2, 0.25) is 11.8 Å². The molecule has 0 spiro atoms. The van der Waals surface area contributed by atoms with E-state index in [9.17, 15) is 24.3 Å². The number of benzene rings is 1. The van der Waals surface area contributed by atoms with Crippen LogP contribution in [0.5, 0.6) is 11.5 Å². The predicted molar refractivity (Wildman–Crippen MR) is 207 cm³/mol. The Bertz CT molecular complexity index is 2040. The van der Waals surface area contributed by atoms with Gasteiger partial charge < -0.3 is 34.9 Å². The van der Waals surface area contributed by atoms with E-state index >= 15 is 0 Å². The van der Waals surface area contributed by atoms with Crippen LogP contribution in [-0.4, -0.2) is 87.3 Å². The molecule has 2 unspecified atom stereocenters. The number of carboxylic acid groups (broad SMARTS) is 1. The van der Waals surface area contributed by atoms with Crippen LogP contribution in [0, 0.1) is 23.2 Å². The van der Waals surface area contributed by atoms with Crippen molar-refractivity contribution >= 4 is 57.7 Å². The maximum absolute atomic E-state index is 14.6. The fraction of sp³-hybridized carbons (Fsp3) is 0.550. The molecule has 3 N–H and O–H groups in total. The molecule has 1 aliphatic heterocycles. The first-order valence-corrected chi connectivity index (χ1v) is 20.0. The lowest BCUT2D eigenvalue weighted by Crippen LogP contribution is -2.59. The molecule has 294 valence electrons. The molecule has 8 atom stereocenters. The van der Waals surface area contributed by atoms with Crippen molar-refractivity contribution in [1.82, 2.24) is 25.5 Å². The number of hydrogen-bond acceptors (Lipinski definition) is 10. The number of likely N-dealkylation sites (tertiary alicyclic amines) is 1. The SMILES string of the molecule is C=C[C@@H]1C[C@]1(NC(=O)[C@@H]1CC(Oc2cc(-c3nc(C(C)C)cs3)nc3c(Cl)c(OC)ccc23)CN1C(=O)[C@@H](NC(=O)OC1C[C@@H]2C[C@@H]2C1)C(C)(C)C)C(=O)O. The summed E-state index contributed by atoms with van der Waals surface area (Å²) in [5.74, 6) is -0.546. The first-order valence-electron chi connectivity index (χ1n) is 18.8. The molecular weight excluding hydrogens is 746 g/mol. The molecule has 55 heavy (non-hydrogen) atoms. The number of ether oxygens (including phenoxy) is 3. The van der Waals surface area contributed by atoms with E-state index in [1.807, 2.05) is 26.2 Å². The number of aromatic nitrogens is 2. The number of rotatable bonds is 12. The Morgan fingerprint density at radius 2 is 1.82 bits per heavy atom. The van der Waals surface area contributed by atoms with Crippen molar-refractivity contribution in [3.8, 4) is 22.2 Å². The minimum absolute atomic E-state index is 0.0328. The summed E-state index contributed by atoms with van der Waals surface area (Å²) in [6.07, 6.45) is 2.94. The highest BCUT2D eigenvalue weighted by Crippen LogP contribution is 2.52. The zero-order valence-corrected chi connectivity index (χ0v) is 33.5. The Morgan fingerprint density at radius 1 is 1.09 bits per heavy atom. The Kier molecular flexibility index (Phi) is 10.3. The Labute approximate surface area is 329 Å². The van der Waals surface area contributed by atoms with Crippen LogP contribution in [0.15, 0.2) is 36.2 Å². The van der Waals surface area contributed by atoms with Crippen molar-refractivity contribution in [3.63, 3.8) is 0 Å². The van der Waals surface area contributed by atoms with Crippen LogP contribution in [0.25, 0.3) is 21.6 Å². The molecule has 0 bridgehead atoms. The van der Waals surface area contributed by atoms with Crippen LogP contribution in [0.3, 0.4) is 0 Å². The predicted octanol–water partition coefficient (Wildman–Crippen LogP) is 6.58. The number of pyridine rings is 1. The van der Waals surface area contributed by atoms with E-state index in [2.05, 4.69) is 31.1 Å². The van der Waals surface area contributed by atoms with Crippen LogP contribution in [-0.2, 0) is 19.1 Å². The number of thiazole rings is 1. The van der Waals surface area contributed by atoms with Gasteiger partial charge in [-0.2, -0.15) is 0 Å². The number of carbonyl (C=O) groups is 4. The summed E-state index contributed by atoms with van der Waals surface area (Å²) in [5, 5.41) is 19.2. The van der Waals surface area contributed by atoms with Gasteiger partial charge in [0.05, 0.1) is 24.9 Å². The van der Waals surface area contributed by atoms with Crippen molar-refractivity contribution in [3.05, 3.63) is 47.0 Å². The van der Waals surface area contributed by atoms with Gasteiger partial charge in [0.1, 0.15) is 57.1 Å². The van der Waals surface area contributed by atoms with E-state index in [-0.39, 0.29) is 36.4 Å². The van der Waals surface area contributed by atoms with Gasteiger partial charge in [0.25, 0.3) is 0 Å². The standard InChI is InChI=1S/C40H48ClN5O8S/c1-8-22-16-40(22,37(49)50)45-34(47)28-14-24(17-46(28)36(48)33(39(4,5)6)44-38(51)54-23-12-20-11-21(20)13-23)53-30-15-26(35-43-27(18-55-35)19(2)3)42-32-25(30)9-10-29(52-7)31(32)41/h8-10,15,18-24,28,33H,1,11-14,16-17H2,2-7H3,(H,44,51)(H,45,47)(H,49,50)/t20-,21+,22-,23?,24?,28+,33-,40-/m1/s1. The Morgan fingerprint density at radius 3 is 2.42 bits per heavy atom. The first-order chi connectivity index (χ1) is 26.0. The monoisotopic (exact) mass is 793 g/mol. The number of amides is 3. The summed E-state index contributed by atoms with van der Waals surface area (Å²) in [7, 11) is 1.52. The number of nitrogens with one attached hydrogen (secondary N) is 2. The summed E-state index contributed by atoms with van der Waals surface area (Å²) < 4.78 is 17.9. The van der Waals surface area contributed by atoms with Gasteiger partial charge in [0.15, 0.2) is 0 Å². The number of carbonyl (C=O) groups excluding carboxylic acids is 3. The second kappa shape index (κ2) is 14.6. The number of fused-ring (bicyclic) bond motifs is 2. The summed E-state index contributed by atoms with van der Waals surface area (Å²) in [6.45, 7) is 13.3. The highest BCUT2D eigenvalue weighted by atomic mass is 35.5. The molecule has 1 saturated heterocycles. The van der Waals surface area contributed by atoms with Gasteiger partial charge in [-0.1, -0.05) is 52.3 Å². The van der Waals surface area contributed by atoms with Crippen LogP contribution in [0.4, 0.5) is 4.79 Å². The maximum Gasteiger partial charge on any atom is 0.408 e. The van der Waals surface area contributed by atoms with Gasteiger partial charge in [-0.05, 0) is 61.0 Å². The van der Waals surface area contributed by atoms with E-state index in [1.54, 1.807) is 18.2 Å². The van der Waals surface area contributed by atoms with Crippen LogP contribution >= 0.6 is 22.9 Å². The smallest absolute Gasteiger partial charge is 0.408 e. The molecule has 7 rings (SSSR count). The molecule has 3 saturated carbocycles. The molecule has 0 radical (unpaired) electrons. The summed E-state index contributed by atoms with van der Waals surface area (Å²) >= 11 is 8.25. The summed E-state index contributed by atoms with van der Waals surface area (Å²) in [4.78, 5) is 65.4. The third-order valence-corrected chi connectivity index (χ3v) is 12.7.